The second-order valence-corrected chi connectivity index (χ2v) is 5.68. The Hall–Kier alpha value is -1.85. The largest absolute Gasteiger partial charge is 0.323 e. The van der Waals surface area contributed by atoms with Gasteiger partial charge in [-0.1, -0.05) is 12.1 Å². The van der Waals surface area contributed by atoms with Gasteiger partial charge in [-0.15, -0.1) is 11.3 Å². The van der Waals surface area contributed by atoms with E-state index in [2.05, 4.69) is 11.4 Å². The Labute approximate surface area is 115 Å². The number of nitrogens with zero attached hydrogens (tertiary/aromatic N) is 1. The minimum atomic E-state index is -0.103. The number of anilines is 1. The zero-order valence-electron chi connectivity index (χ0n) is 10.6. The van der Waals surface area contributed by atoms with Crippen molar-refractivity contribution in [2.75, 3.05) is 12.4 Å². The van der Waals surface area contributed by atoms with E-state index in [1.165, 1.54) is 0 Å². The molecule has 0 radical (unpaired) electrons. The summed E-state index contributed by atoms with van der Waals surface area (Å²) in [6.07, 6.45) is 0. The van der Waals surface area contributed by atoms with Crippen LogP contribution in [0.15, 0.2) is 35.7 Å². The van der Waals surface area contributed by atoms with Crippen LogP contribution in [-0.2, 0) is 6.54 Å². The first-order valence-electron chi connectivity index (χ1n) is 6.09. The summed E-state index contributed by atoms with van der Waals surface area (Å²) in [5.41, 5.74) is 9.32. The van der Waals surface area contributed by atoms with E-state index < -0.39 is 0 Å². The number of hydrogen-bond donors (Lipinski definition) is 2. The van der Waals surface area contributed by atoms with Gasteiger partial charge in [0, 0.05) is 24.2 Å². The molecule has 0 aliphatic carbocycles. The van der Waals surface area contributed by atoms with Crippen LogP contribution < -0.4 is 11.1 Å². The highest BCUT2D eigenvalue weighted by molar-refractivity contribution is 7.10. The van der Waals surface area contributed by atoms with Gasteiger partial charge in [-0.2, -0.15) is 0 Å². The Morgan fingerprint density at radius 1 is 1.42 bits per heavy atom. The first kappa shape index (κ1) is 12.2. The predicted molar refractivity (Wildman–Crippen MR) is 77.3 cm³/mol. The molecule has 1 unspecified atom stereocenters. The fourth-order valence-electron chi connectivity index (χ4n) is 2.23. The molecule has 98 valence electrons. The molecule has 2 heterocycles. The average molecular weight is 273 g/mol. The normalized spacial score (nSPS) is 15.9. The van der Waals surface area contributed by atoms with E-state index in [1.807, 2.05) is 29.6 Å². The van der Waals surface area contributed by atoms with Gasteiger partial charge in [0.25, 0.3) is 0 Å². The summed E-state index contributed by atoms with van der Waals surface area (Å²) >= 11 is 1.66. The van der Waals surface area contributed by atoms with Crippen molar-refractivity contribution in [1.29, 1.82) is 0 Å². The summed E-state index contributed by atoms with van der Waals surface area (Å²) in [6, 6.07) is 9.87. The second kappa shape index (κ2) is 4.68. The minimum Gasteiger partial charge on any atom is -0.323 e. The van der Waals surface area contributed by atoms with Crippen molar-refractivity contribution in [2.24, 2.45) is 5.73 Å². The molecule has 0 fully saturated rings. The van der Waals surface area contributed by atoms with Gasteiger partial charge in [-0.3, -0.25) is 0 Å². The van der Waals surface area contributed by atoms with Gasteiger partial charge in [-0.05, 0) is 34.7 Å². The van der Waals surface area contributed by atoms with Crippen molar-refractivity contribution in [3.63, 3.8) is 0 Å². The predicted octanol–water partition coefficient (Wildman–Crippen LogP) is 2.77. The number of carbonyl (C=O) groups excluding carboxylic acids is 1. The number of hydrogen-bond acceptors (Lipinski definition) is 3. The number of thiophene rings is 1. The van der Waals surface area contributed by atoms with Gasteiger partial charge < -0.3 is 16.0 Å². The molecule has 2 amide bonds. The molecule has 19 heavy (non-hydrogen) atoms. The fraction of sp³-hybridized carbons (Fsp3) is 0.214. The maximum atomic E-state index is 11.6. The van der Waals surface area contributed by atoms with Crippen molar-refractivity contribution in [3.05, 3.63) is 51.7 Å². The van der Waals surface area contributed by atoms with Crippen LogP contribution in [0.5, 0.6) is 0 Å². The molecule has 1 aliphatic rings. The number of carbonyl (C=O) groups is 1. The molecule has 4 nitrogen and oxygen atoms in total. The molecule has 1 aliphatic heterocycles. The lowest BCUT2D eigenvalue weighted by molar-refractivity contribution is 0.218. The highest BCUT2D eigenvalue weighted by Crippen LogP contribution is 2.29. The van der Waals surface area contributed by atoms with Crippen LogP contribution in [0, 0.1) is 0 Å². The highest BCUT2D eigenvalue weighted by atomic mass is 32.1. The van der Waals surface area contributed by atoms with E-state index >= 15 is 0 Å². The zero-order chi connectivity index (χ0) is 13.4. The van der Waals surface area contributed by atoms with Crippen LogP contribution in [0.1, 0.15) is 22.0 Å². The van der Waals surface area contributed by atoms with E-state index in [4.69, 9.17) is 5.73 Å². The number of urea groups is 1. The molecule has 1 aromatic heterocycles. The summed E-state index contributed by atoms with van der Waals surface area (Å²) in [5, 5.41) is 4.89. The monoisotopic (exact) mass is 273 g/mol. The second-order valence-electron chi connectivity index (χ2n) is 4.70. The van der Waals surface area contributed by atoms with E-state index in [1.54, 1.807) is 23.3 Å². The topological polar surface area (TPSA) is 58.4 Å². The molecule has 0 bridgehead atoms. The molecule has 3 rings (SSSR count). The Morgan fingerprint density at radius 3 is 3.00 bits per heavy atom. The molecule has 2 aromatic rings. The van der Waals surface area contributed by atoms with Gasteiger partial charge >= 0.3 is 6.03 Å². The lowest BCUT2D eigenvalue weighted by Crippen LogP contribution is -2.35. The third-order valence-electron chi connectivity index (χ3n) is 3.33. The van der Waals surface area contributed by atoms with E-state index in [0.29, 0.717) is 6.54 Å². The van der Waals surface area contributed by atoms with Crippen molar-refractivity contribution in [2.45, 2.75) is 12.6 Å². The summed E-state index contributed by atoms with van der Waals surface area (Å²) in [7, 11) is 1.78. The van der Waals surface area contributed by atoms with E-state index in [-0.39, 0.29) is 12.1 Å². The quantitative estimate of drug-likeness (QED) is 0.884. The molecule has 3 N–H and O–H groups in total. The zero-order valence-corrected chi connectivity index (χ0v) is 11.4. The Morgan fingerprint density at radius 2 is 2.26 bits per heavy atom. The summed E-state index contributed by atoms with van der Waals surface area (Å²) in [4.78, 5) is 14.4. The first-order valence-corrected chi connectivity index (χ1v) is 6.97. The summed E-state index contributed by atoms with van der Waals surface area (Å²) in [5.74, 6) is 0. The van der Waals surface area contributed by atoms with Gasteiger partial charge in [0.05, 0.1) is 6.04 Å². The van der Waals surface area contributed by atoms with Crippen LogP contribution in [-0.4, -0.2) is 18.0 Å². The lowest BCUT2D eigenvalue weighted by Gasteiger charge is -2.26. The lowest BCUT2D eigenvalue weighted by atomic mass is 10.0. The Kier molecular flexibility index (Phi) is 3.00. The number of benzene rings is 1. The maximum absolute atomic E-state index is 11.6. The first-order chi connectivity index (χ1) is 9.15. The van der Waals surface area contributed by atoms with Crippen LogP contribution in [0.25, 0.3) is 0 Å². The highest BCUT2D eigenvalue weighted by Gasteiger charge is 2.20. The number of amides is 2. The number of rotatable bonds is 2. The van der Waals surface area contributed by atoms with Crippen molar-refractivity contribution >= 4 is 23.1 Å². The molecule has 0 spiro atoms. The van der Waals surface area contributed by atoms with Gasteiger partial charge in [0.15, 0.2) is 0 Å². The van der Waals surface area contributed by atoms with Gasteiger partial charge in [0.1, 0.15) is 0 Å². The van der Waals surface area contributed by atoms with Crippen molar-refractivity contribution in [1.82, 2.24) is 4.90 Å². The Balaban J connectivity index is 1.93. The van der Waals surface area contributed by atoms with E-state index in [9.17, 15) is 4.79 Å². The standard InChI is InChI=1S/C14H15N3OS/c1-17-8-10-7-9(4-5-11(10)16-14(17)18)13(15)12-3-2-6-19-12/h2-7,13H,8,15H2,1H3,(H,16,18). The minimum absolute atomic E-state index is 0.0668. The van der Waals surface area contributed by atoms with Crippen molar-refractivity contribution < 1.29 is 4.79 Å². The van der Waals surface area contributed by atoms with Crippen LogP contribution in [0.3, 0.4) is 0 Å². The summed E-state index contributed by atoms with van der Waals surface area (Å²) in [6.45, 7) is 0.617. The van der Waals surface area contributed by atoms with Crippen molar-refractivity contribution in [3.8, 4) is 0 Å². The molecular weight excluding hydrogens is 258 g/mol. The van der Waals surface area contributed by atoms with Crippen LogP contribution in [0.4, 0.5) is 10.5 Å². The fourth-order valence-corrected chi connectivity index (χ4v) is 2.98. The average Bonchev–Trinajstić information content (AvgIpc) is 2.93. The summed E-state index contributed by atoms with van der Waals surface area (Å²) < 4.78 is 0. The number of nitrogens with one attached hydrogen (secondary N) is 1. The van der Waals surface area contributed by atoms with Gasteiger partial charge in [0.2, 0.25) is 0 Å². The van der Waals surface area contributed by atoms with Gasteiger partial charge in [-0.25, -0.2) is 4.79 Å². The molecule has 0 saturated heterocycles. The van der Waals surface area contributed by atoms with Crippen LogP contribution >= 0.6 is 11.3 Å². The molecule has 5 heteroatoms. The smallest absolute Gasteiger partial charge is 0.321 e. The number of nitrogens with two attached hydrogens (primary N) is 1. The SMILES string of the molecule is CN1Cc2cc(C(N)c3cccs3)ccc2NC1=O. The Bertz CT molecular complexity index is 609. The maximum Gasteiger partial charge on any atom is 0.321 e. The molecular formula is C14H15N3OS. The van der Waals surface area contributed by atoms with Crippen LogP contribution in [0.2, 0.25) is 0 Å². The molecule has 1 atom stereocenters. The third kappa shape index (κ3) is 2.22. The van der Waals surface area contributed by atoms with E-state index in [0.717, 1.165) is 21.7 Å². The molecule has 1 aromatic carbocycles. The third-order valence-corrected chi connectivity index (χ3v) is 4.29. The number of fused-ring (bicyclic) bond motifs is 1. The molecule has 0 saturated carbocycles.